The molecule has 1 heterocycles. The van der Waals surface area contributed by atoms with E-state index in [1.807, 2.05) is 0 Å². The number of ether oxygens (including phenoxy) is 1. The second-order valence-electron chi connectivity index (χ2n) is 2.93. The van der Waals surface area contributed by atoms with E-state index in [4.69, 9.17) is 10.3 Å². The quantitative estimate of drug-likeness (QED) is 0.420. The zero-order valence-corrected chi connectivity index (χ0v) is 8.56. The van der Waals surface area contributed by atoms with Gasteiger partial charge in [0, 0.05) is 11.0 Å². The van der Waals surface area contributed by atoms with Crippen LogP contribution in [0.25, 0.3) is 10.4 Å². The molecular formula is C8H11N5O3. The fourth-order valence-corrected chi connectivity index (χ4v) is 1.01. The molecule has 1 aromatic rings. The summed E-state index contributed by atoms with van der Waals surface area (Å²) in [4.78, 5) is 2.48. The molecule has 0 spiro atoms. The topological polar surface area (TPSA) is 124 Å². The van der Waals surface area contributed by atoms with Crippen molar-refractivity contribution >= 4 is 0 Å². The molecule has 0 fully saturated rings. The SMILES string of the molecule is COc1ccc(C(O)C(O)CN=[N+]=[N-])nn1. The monoisotopic (exact) mass is 225 g/mol. The summed E-state index contributed by atoms with van der Waals surface area (Å²) < 4.78 is 4.79. The zero-order valence-electron chi connectivity index (χ0n) is 8.56. The summed E-state index contributed by atoms with van der Waals surface area (Å²) in [5, 5.41) is 29.5. The number of rotatable bonds is 5. The van der Waals surface area contributed by atoms with Crippen LogP contribution in [0.15, 0.2) is 17.2 Å². The molecule has 8 heteroatoms. The molecule has 0 bridgehead atoms. The molecule has 0 amide bonds. The second kappa shape index (κ2) is 5.86. The van der Waals surface area contributed by atoms with E-state index in [1.165, 1.54) is 19.2 Å². The van der Waals surface area contributed by atoms with Gasteiger partial charge < -0.3 is 14.9 Å². The number of hydrogen-bond acceptors (Lipinski definition) is 6. The molecule has 0 saturated heterocycles. The highest BCUT2D eigenvalue weighted by molar-refractivity contribution is 5.13. The first kappa shape index (κ1) is 12.2. The standard InChI is InChI=1S/C8H11N5O3/c1-16-7-3-2-5(11-12-7)8(15)6(14)4-10-13-9/h2-3,6,8,14-15H,4H2,1H3. The lowest BCUT2D eigenvalue weighted by molar-refractivity contribution is 0.0211. The van der Waals surface area contributed by atoms with Gasteiger partial charge in [-0.15, -0.1) is 10.2 Å². The first-order valence-corrected chi connectivity index (χ1v) is 4.43. The van der Waals surface area contributed by atoms with Crippen LogP contribution in [-0.2, 0) is 0 Å². The van der Waals surface area contributed by atoms with Crippen molar-refractivity contribution in [3.8, 4) is 5.88 Å². The van der Waals surface area contributed by atoms with Crippen molar-refractivity contribution in [2.75, 3.05) is 13.7 Å². The van der Waals surface area contributed by atoms with Crippen LogP contribution < -0.4 is 4.74 Å². The Morgan fingerprint density at radius 3 is 2.75 bits per heavy atom. The van der Waals surface area contributed by atoms with E-state index in [-0.39, 0.29) is 12.2 Å². The van der Waals surface area contributed by atoms with Crippen molar-refractivity contribution in [3.05, 3.63) is 28.3 Å². The number of aliphatic hydroxyl groups is 2. The summed E-state index contributed by atoms with van der Waals surface area (Å²) in [5.74, 6) is 0.306. The maximum atomic E-state index is 9.60. The van der Waals surface area contributed by atoms with E-state index < -0.39 is 12.2 Å². The zero-order chi connectivity index (χ0) is 12.0. The number of methoxy groups -OCH3 is 1. The second-order valence-corrected chi connectivity index (χ2v) is 2.93. The lowest BCUT2D eigenvalue weighted by atomic mass is 10.1. The number of aliphatic hydroxyl groups excluding tert-OH is 2. The lowest BCUT2D eigenvalue weighted by Crippen LogP contribution is -2.22. The third-order valence-electron chi connectivity index (χ3n) is 1.87. The van der Waals surface area contributed by atoms with Gasteiger partial charge in [-0.3, -0.25) is 0 Å². The van der Waals surface area contributed by atoms with Crippen LogP contribution in [0.5, 0.6) is 5.88 Å². The minimum atomic E-state index is -1.25. The third-order valence-corrected chi connectivity index (χ3v) is 1.87. The van der Waals surface area contributed by atoms with E-state index in [9.17, 15) is 10.2 Å². The maximum absolute atomic E-state index is 9.60. The average molecular weight is 225 g/mol. The van der Waals surface area contributed by atoms with Crippen molar-refractivity contribution in [1.29, 1.82) is 0 Å². The van der Waals surface area contributed by atoms with Crippen LogP contribution in [-0.4, -0.2) is 40.2 Å². The molecule has 86 valence electrons. The molecule has 0 saturated carbocycles. The largest absolute Gasteiger partial charge is 0.480 e. The van der Waals surface area contributed by atoms with Crippen LogP contribution in [0.2, 0.25) is 0 Å². The van der Waals surface area contributed by atoms with Crippen LogP contribution in [0.1, 0.15) is 11.8 Å². The van der Waals surface area contributed by atoms with Crippen LogP contribution in [0.4, 0.5) is 0 Å². The Morgan fingerprint density at radius 1 is 1.50 bits per heavy atom. The van der Waals surface area contributed by atoms with Gasteiger partial charge in [-0.1, -0.05) is 5.11 Å². The Morgan fingerprint density at radius 2 is 2.25 bits per heavy atom. The lowest BCUT2D eigenvalue weighted by Gasteiger charge is -2.14. The van der Waals surface area contributed by atoms with Crippen molar-refractivity contribution < 1.29 is 14.9 Å². The van der Waals surface area contributed by atoms with Crippen molar-refractivity contribution in [3.63, 3.8) is 0 Å². The van der Waals surface area contributed by atoms with Gasteiger partial charge in [0.2, 0.25) is 5.88 Å². The number of azide groups is 1. The molecule has 16 heavy (non-hydrogen) atoms. The predicted octanol–water partition coefficient (Wildman–Crippen LogP) is 0.190. The maximum Gasteiger partial charge on any atom is 0.233 e. The minimum Gasteiger partial charge on any atom is -0.480 e. The Bertz CT molecular complexity index is 376. The Labute approximate surface area is 91.1 Å². The molecule has 0 aliphatic rings. The molecule has 2 atom stereocenters. The highest BCUT2D eigenvalue weighted by atomic mass is 16.5. The molecule has 8 nitrogen and oxygen atoms in total. The molecule has 0 aromatic carbocycles. The summed E-state index contributed by atoms with van der Waals surface area (Å²) in [6.45, 7) is -0.231. The van der Waals surface area contributed by atoms with E-state index in [1.54, 1.807) is 0 Å². The first-order chi connectivity index (χ1) is 7.69. The van der Waals surface area contributed by atoms with Gasteiger partial charge in [0.15, 0.2) is 0 Å². The summed E-state index contributed by atoms with van der Waals surface area (Å²) >= 11 is 0. The van der Waals surface area contributed by atoms with Crippen LogP contribution >= 0.6 is 0 Å². The molecule has 0 aliphatic carbocycles. The van der Waals surface area contributed by atoms with Crippen molar-refractivity contribution in [2.45, 2.75) is 12.2 Å². The van der Waals surface area contributed by atoms with Gasteiger partial charge in [-0.2, -0.15) is 0 Å². The van der Waals surface area contributed by atoms with E-state index >= 15 is 0 Å². The Balaban J connectivity index is 2.71. The van der Waals surface area contributed by atoms with Gasteiger partial charge in [0.25, 0.3) is 0 Å². The fourth-order valence-electron chi connectivity index (χ4n) is 1.01. The molecule has 2 N–H and O–H groups in total. The van der Waals surface area contributed by atoms with E-state index in [0.29, 0.717) is 5.88 Å². The van der Waals surface area contributed by atoms with Gasteiger partial charge in [0.1, 0.15) is 6.10 Å². The van der Waals surface area contributed by atoms with Gasteiger partial charge >= 0.3 is 0 Å². The summed E-state index contributed by atoms with van der Waals surface area (Å²) in [6, 6.07) is 2.97. The van der Waals surface area contributed by atoms with E-state index in [2.05, 4.69) is 20.2 Å². The number of aromatic nitrogens is 2. The first-order valence-electron chi connectivity index (χ1n) is 4.43. The van der Waals surface area contributed by atoms with Crippen LogP contribution in [0.3, 0.4) is 0 Å². The molecular weight excluding hydrogens is 214 g/mol. The summed E-state index contributed by atoms with van der Waals surface area (Å²) in [7, 11) is 1.44. The summed E-state index contributed by atoms with van der Waals surface area (Å²) in [6.07, 6.45) is -2.46. The molecule has 0 aliphatic heterocycles. The molecule has 1 rings (SSSR count). The minimum absolute atomic E-state index is 0.182. The molecule has 0 radical (unpaired) electrons. The highest BCUT2D eigenvalue weighted by Gasteiger charge is 2.19. The van der Waals surface area contributed by atoms with Gasteiger partial charge in [0.05, 0.1) is 25.5 Å². The van der Waals surface area contributed by atoms with E-state index in [0.717, 1.165) is 0 Å². The molecule has 1 aromatic heterocycles. The Kier molecular flexibility index (Phi) is 4.46. The van der Waals surface area contributed by atoms with Crippen molar-refractivity contribution in [1.82, 2.24) is 10.2 Å². The van der Waals surface area contributed by atoms with Crippen LogP contribution in [0, 0.1) is 0 Å². The van der Waals surface area contributed by atoms with Gasteiger partial charge in [-0.25, -0.2) is 0 Å². The number of nitrogens with zero attached hydrogens (tertiary/aromatic N) is 5. The highest BCUT2D eigenvalue weighted by Crippen LogP contribution is 2.15. The predicted molar refractivity (Wildman–Crippen MR) is 53.6 cm³/mol. The Hall–Kier alpha value is -1.89. The van der Waals surface area contributed by atoms with Crippen molar-refractivity contribution in [2.24, 2.45) is 5.11 Å². The fraction of sp³-hybridized carbons (Fsp3) is 0.500. The average Bonchev–Trinajstić information content (AvgIpc) is 2.35. The smallest absolute Gasteiger partial charge is 0.233 e. The molecule has 2 unspecified atom stereocenters. The van der Waals surface area contributed by atoms with Gasteiger partial charge in [-0.05, 0) is 11.6 Å². The summed E-state index contributed by atoms with van der Waals surface area (Å²) in [5.41, 5.74) is 8.24. The number of hydrogen-bond donors (Lipinski definition) is 2. The third kappa shape index (κ3) is 3.06. The normalized spacial score (nSPS) is 13.7.